The average molecular weight is 372 g/mol. The van der Waals surface area contributed by atoms with E-state index in [0.29, 0.717) is 12.0 Å². The molecule has 0 amide bonds. The van der Waals surface area contributed by atoms with Gasteiger partial charge in [-0.3, -0.25) is 0 Å². The molecule has 3 aromatic carbocycles. The molecular weight excluding hydrogens is 342 g/mol. The summed E-state index contributed by atoms with van der Waals surface area (Å²) in [6.45, 7) is 2.29. The molecule has 4 rings (SSSR count). The first-order chi connectivity index (χ1) is 13.6. The Balaban J connectivity index is 1.48. The summed E-state index contributed by atoms with van der Waals surface area (Å²) in [4.78, 5) is 2.28. The van der Waals surface area contributed by atoms with Crippen LogP contribution in [0.25, 0.3) is 0 Å². The first kappa shape index (κ1) is 18.8. The van der Waals surface area contributed by atoms with Crippen LogP contribution in [0, 0.1) is 0 Å². The number of hydrogen-bond acceptors (Lipinski definition) is 2. The summed E-state index contributed by atoms with van der Waals surface area (Å²) in [5.74, 6) is 1.43. The molecule has 2 heteroatoms. The van der Waals surface area contributed by atoms with Crippen LogP contribution in [-0.2, 0) is 12.8 Å². The number of ether oxygens (including phenoxy) is 1. The molecule has 0 aliphatic heterocycles. The normalized spacial score (nSPS) is 19.4. The number of fused-ring (bicyclic) bond motifs is 1. The molecule has 2 nitrogen and oxygen atoms in total. The zero-order valence-electron chi connectivity index (χ0n) is 17.0. The van der Waals surface area contributed by atoms with E-state index >= 15 is 0 Å². The van der Waals surface area contributed by atoms with E-state index in [4.69, 9.17) is 4.74 Å². The van der Waals surface area contributed by atoms with Gasteiger partial charge in [-0.1, -0.05) is 73.7 Å². The zero-order valence-corrected chi connectivity index (χ0v) is 17.0. The van der Waals surface area contributed by atoms with E-state index in [-0.39, 0.29) is 6.10 Å². The van der Waals surface area contributed by atoms with Crippen LogP contribution in [0.4, 0.5) is 0 Å². The van der Waals surface area contributed by atoms with Crippen LogP contribution >= 0.6 is 0 Å². The Kier molecular flexibility index (Phi) is 5.50. The second-order valence-corrected chi connectivity index (χ2v) is 8.13. The van der Waals surface area contributed by atoms with Crippen molar-refractivity contribution >= 4 is 0 Å². The molecule has 1 aliphatic carbocycles. The first-order valence-corrected chi connectivity index (χ1v) is 10.2. The van der Waals surface area contributed by atoms with Crippen LogP contribution in [0.2, 0.25) is 0 Å². The van der Waals surface area contributed by atoms with E-state index in [2.05, 4.69) is 105 Å². The lowest BCUT2D eigenvalue weighted by Gasteiger charge is -2.27. The lowest BCUT2D eigenvalue weighted by molar-refractivity contribution is 0.111. The third-order valence-electron chi connectivity index (χ3n) is 5.90. The molecule has 0 saturated heterocycles. The molecule has 0 fully saturated rings. The van der Waals surface area contributed by atoms with Gasteiger partial charge in [-0.25, -0.2) is 0 Å². The summed E-state index contributed by atoms with van der Waals surface area (Å²) in [6.07, 6.45) is 2.18. The van der Waals surface area contributed by atoms with Crippen molar-refractivity contribution in [1.29, 1.82) is 0 Å². The minimum Gasteiger partial charge on any atom is -0.484 e. The molecule has 3 atom stereocenters. The van der Waals surface area contributed by atoms with Crippen molar-refractivity contribution in [2.45, 2.75) is 37.8 Å². The van der Waals surface area contributed by atoms with Gasteiger partial charge in [-0.2, -0.15) is 0 Å². The fraction of sp³-hybridized carbons (Fsp3) is 0.308. The topological polar surface area (TPSA) is 12.5 Å². The van der Waals surface area contributed by atoms with Gasteiger partial charge in [-0.05, 0) is 67.2 Å². The van der Waals surface area contributed by atoms with Crippen molar-refractivity contribution in [2.75, 3.05) is 14.1 Å². The lowest BCUT2D eigenvalue weighted by Crippen LogP contribution is -2.34. The van der Waals surface area contributed by atoms with E-state index < -0.39 is 0 Å². The monoisotopic (exact) mass is 371 g/mol. The average Bonchev–Trinajstić information content (AvgIpc) is 3.08. The van der Waals surface area contributed by atoms with Gasteiger partial charge < -0.3 is 9.64 Å². The Morgan fingerprint density at radius 2 is 1.57 bits per heavy atom. The third-order valence-corrected chi connectivity index (χ3v) is 5.90. The Morgan fingerprint density at radius 3 is 2.29 bits per heavy atom. The van der Waals surface area contributed by atoms with E-state index in [1.54, 1.807) is 0 Å². The number of likely N-dealkylation sites (N-methyl/N-ethyl adjacent to an activating group) is 1. The van der Waals surface area contributed by atoms with Gasteiger partial charge in [0, 0.05) is 0 Å². The zero-order chi connectivity index (χ0) is 19.5. The fourth-order valence-corrected chi connectivity index (χ4v) is 4.24. The van der Waals surface area contributed by atoms with E-state index in [9.17, 15) is 0 Å². The van der Waals surface area contributed by atoms with E-state index in [1.165, 1.54) is 22.3 Å². The van der Waals surface area contributed by atoms with Crippen molar-refractivity contribution in [1.82, 2.24) is 4.90 Å². The number of hydrogen-bond donors (Lipinski definition) is 0. The Labute approximate surface area is 168 Å². The second-order valence-electron chi connectivity index (χ2n) is 8.13. The fourth-order valence-electron chi connectivity index (χ4n) is 4.24. The van der Waals surface area contributed by atoms with Crippen LogP contribution in [0.5, 0.6) is 5.75 Å². The van der Waals surface area contributed by atoms with Gasteiger partial charge in [0.05, 0.1) is 6.04 Å². The third kappa shape index (κ3) is 3.98. The largest absolute Gasteiger partial charge is 0.484 e. The lowest BCUT2D eigenvalue weighted by atomic mass is 9.94. The van der Waals surface area contributed by atoms with Crippen molar-refractivity contribution in [3.8, 4) is 5.75 Å². The highest BCUT2D eigenvalue weighted by atomic mass is 16.5. The predicted molar refractivity (Wildman–Crippen MR) is 116 cm³/mol. The number of rotatable bonds is 6. The predicted octanol–water partition coefficient (Wildman–Crippen LogP) is 5.64. The maximum atomic E-state index is 6.49. The summed E-state index contributed by atoms with van der Waals surface area (Å²) in [7, 11) is 4.28. The summed E-state index contributed by atoms with van der Waals surface area (Å²) in [5, 5.41) is 0. The highest BCUT2D eigenvalue weighted by molar-refractivity contribution is 5.38. The molecule has 0 N–H and O–H groups in total. The molecular formula is C26H29NO. The van der Waals surface area contributed by atoms with Crippen LogP contribution in [0.3, 0.4) is 0 Å². The molecule has 0 spiro atoms. The Bertz CT molecular complexity index is 901. The van der Waals surface area contributed by atoms with E-state index in [0.717, 1.165) is 18.6 Å². The van der Waals surface area contributed by atoms with Gasteiger partial charge in [0.2, 0.25) is 0 Å². The summed E-state index contributed by atoms with van der Waals surface area (Å²) >= 11 is 0. The van der Waals surface area contributed by atoms with Crippen molar-refractivity contribution in [2.24, 2.45) is 0 Å². The highest BCUT2D eigenvalue weighted by Gasteiger charge is 2.35. The maximum Gasteiger partial charge on any atom is 0.140 e. The minimum absolute atomic E-state index is 0.0822. The van der Waals surface area contributed by atoms with Gasteiger partial charge in [0.15, 0.2) is 0 Å². The van der Waals surface area contributed by atoms with Gasteiger partial charge >= 0.3 is 0 Å². The molecule has 1 aliphatic rings. The standard InChI is InChI=1S/C26H29NO/c1-19(17-20-9-5-4-6-10-20)21-13-15-23(16-14-21)28-26-24-12-8-7-11-22(24)18-25(26)27(2)3/h4-16,19,25-26H,17-18H2,1-3H3/t19?,25-,26+/m0/s1. The van der Waals surface area contributed by atoms with Crippen LogP contribution in [-0.4, -0.2) is 25.0 Å². The van der Waals surface area contributed by atoms with Crippen LogP contribution < -0.4 is 4.74 Å². The Morgan fingerprint density at radius 1 is 0.893 bits per heavy atom. The molecule has 144 valence electrons. The van der Waals surface area contributed by atoms with Crippen LogP contribution in [0.1, 0.15) is 41.2 Å². The summed E-state index contributed by atoms with van der Waals surface area (Å²) in [6, 6.07) is 28.4. The quantitative estimate of drug-likeness (QED) is 0.556. The molecule has 0 saturated carbocycles. The molecule has 0 heterocycles. The Hall–Kier alpha value is -2.58. The molecule has 1 unspecified atom stereocenters. The van der Waals surface area contributed by atoms with Gasteiger partial charge in [-0.15, -0.1) is 0 Å². The summed E-state index contributed by atoms with van der Waals surface area (Å²) < 4.78 is 6.49. The van der Waals surface area contributed by atoms with Crippen molar-refractivity contribution in [3.05, 3.63) is 101 Å². The second kappa shape index (κ2) is 8.20. The summed E-state index contributed by atoms with van der Waals surface area (Å²) in [5.41, 5.74) is 5.46. The molecule has 0 aromatic heterocycles. The molecule has 28 heavy (non-hydrogen) atoms. The smallest absolute Gasteiger partial charge is 0.140 e. The maximum absolute atomic E-state index is 6.49. The van der Waals surface area contributed by atoms with Gasteiger partial charge in [0.25, 0.3) is 0 Å². The van der Waals surface area contributed by atoms with Crippen molar-refractivity contribution < 1.29 is 4.74 Å². The minimum atomic E-state index is 0.0822. The van der Waals surface area contributed by atoms with Crippen LogP contribution in [0.15, 0.2) is 78.9 Å². The van der Waals surface area contributed by atoms with Gasteiger partial charge in [0.1, 0.15) is 11.9 Å². The highest BCUT2D eigenvalue weighted by Crippen LogP contribution is 2.37. The molecule has 0 radical (unpaired) electrons. The molecule has 3 aromatic rings. The first-order valence-electron chi connectivity index (χ1n) is 10.2. The molecule has 0 bridgehead atoms. The number of benzene rings is 3. The van der Waals surface area contributed by atoms with Crippen molar-refractivity contribution in [3.63, 3.8) is 0 Å². The number of nitrogens with zero attached hydrogens (tertiary/aromatic N) is 1. The SMILES string of the molecule is CC(Cc1ccccc1)c1ccc(O[C@@H]2c3ccccc3C[C@@H]2N(C)C)cc1. The van der Waals surface area contributed by atoms with E-state index in [1.807, 2.05) is 0 Å².